The summed E-state index contributed by atoms with van der Waals surface area (Å²) >= 11 is 11.6. The van der Waals surface area contributed by atoms with E-state index >= 15 is 0 Å². The lowest BCUT2D eigenvalue weighted by Gasteiger charge is -2.13. The standard InChI is InChI=1S/C17H8Cl2F5N3O/c18-10-2-1-7(4-11(10)19)3-9-14(17(22,23)24)26-15(27-16(9)28)13-12(21)5-8(20)6-25-13/h1-2,4-6H,3H2,(H,26,27,28). The number of aromatic nitrogens is 3. The predicted molar refractivity (Wildman–Crippen MR) is 92.3 cm³/mol. The minimum atomic E-state index is -5.01. The van der Waals surface area contributed by atoms with Gasteiger partial charge in [0, 0.05) is 12.5 Å². The lowest BCUT2D eigenvalue weighted by Crippen LogP contribution is -2.24. The molecule has 0 aliphatic rings. The highest BCUT2D eigenvalue weighted by atomic mass is 35.5. The van der Waals surface area contributed by atoms with Gasteiger partial charge in [-0.3, -0.25) is 4.79 Å². The Labute approximate surface area is 164 Å². The van der Waals surface area contributed by atoms with Crippen molar-refractivity contribution in [2.45, 2.75) is 12.6 Å². The van der Waals surface area contributed by atoms with Gasteiger partial charge in [0.15, 0.2) is 17.3 Å². The largest absolute Gasteiger partial charge is 0.433 e. The van der Waals surface area contributed by atoms with Crippen LogP contribution in [-0.4, -0.2) is 15.0 Å². The van der Waals surface area contributed by atoms with Crippen molar-refractivity contribution in [3.63, 3.8) is 0 Å². The summed E-state index contributed by atoms with van der Waals surface area (Å²) in [4.78, 5) is 21.1. The van der Waals surface area contributed by atoms with Crippen LogP contribution in [0, 0.1) is 11.6 Å². The van der Waals surface area contributed by atoms with Crippen molar-refractivity contribution in [3.8, 4) is 11.5 Å². The molecule has 0 spiro atoms. The molecule has 0 saturated heterocycles. The zero-order chi connectivity index (χ0) is 20.6. The molecule has 0 aliphatic carbocycles. The Kier molecular flexibility index (Phi) is 5.40. The lowest BCUT2D eigenvalue weighted by atomic mass is 10.0. The zero-order valence-electron chi connectivity index (χ0n) is 13.5. The SMILES string of the molecule is O=c1[nH]c(-c2ncc(F)cc2F)nc(C(F)(F)F)c1Cc1ccc(Cl)c(Cl)c1. The first-order valence-electron chi connectivity index (χ1n) is 7.52. The van der Waals surface area contributed by atoms with Gasteiger partial charge in [0.25, 0.3) is 5.56 Å². The molecule has 3 rings (SSSR count). The molecule has 0 unspecified atom stereocenters. The first-order chi connectivity index (χ1) is 13.1. The molecule has 2 aromatic heterocycles. The van der Waals surface area contributed by atoms with E-state index < -0.39 is 52.6 Å². The van der Waals surface area contributed by atoms with E-state index in [4.69, 9.17) is 23.2 Å². The summed E-state index contributed by atoms with van der Waals surface area (Å²) in [6.45, 7) is 0. The first kappa shape index (κ1) is 20.2. The van der Waals surface area contributed by atoms with Crippen LogP contribution in [0.3, 0.4) is 0 Å². The highest BCUT2D eigenvalue weighted by Crippen LogP contribution is 2.32. The number of halogens is 7. The van der Waals surface area contributed by atoms with Crippen molar-refractivity contribution < 1.29 is 22.0 Å². The molecule has 3 aromatic rings. The van der Waals surface area contributed by atoms with E-state index in [-0.39, 0.29) is 15.6 Å². The van der Waals surface area contributed by atoms with Crippen molar-refractivity contribution in [2.24, 2.45) is 0 Å². The molecule has 0 bridgehead atoms. The van der Waals surface area contributed by atoms with Crippen LogP contribution in [0.15, 0.2) is 35.3 Å². The number of hydrogen-bond acceptors (Lipinski definition) is 3. The van der Waals surface area contributed by atoms with E-state index in [1.807, 2.05) is 0 Å². The van der Waals surface area contributed by atoms with Gasteiger partial charge in [-0.2, -0.15) is 13.2 Å². The smallest absolute Gasteiger partial charge is 0.305 e. The van der Waals surface area contributed by atoms with Crippen LogP contribution in [-0.2, 0) is 12.6 Å². The van der Waals surface area contributed by atoms with Gasteiger partial charge in [0.2, 0.25) is 0 Å². The summed E-state index contributed by atoms with van der Waals surface area (Å²) in [7, 11) is 0. The minimum Gasteiger partial charge on any atom is -0.305 e. The molecular formula is C17H8Cl2F5N3O. The summed E-state index contributed by atoms with van der Waals surface area (Å²) in [5.41, 5.74) is -3.79. The maximum Gasteiger partial charge on any atom is 0.433 e. The predicted octanol–water partition coefficient (Wildman–Crippen LogP) is 5.03. The van der Waals surface area contributed by atoms with Gasteiger partial charge >= 0.3 is 6.18 Å². The molecule has 0 atom stereocenters. The highest BCUT2D eigenvalue weighted by Gasteiger charge is 2.37. The van der Waals surface area contributed by atoms with Crippen molar-refractivity contribution in [3.05, 3.63) is 79.3 Å². The third kappa shape index (κ3) is 4.15. The average Bonchev–Trinajstić information content (AvgIpc) is 2.59. The second kappa shape index (κ2) is 7.48. The number of benzene rings is 1. The van der Waals surface area contributed by atoms with Gasteiger partial charge < -0.3 is 4.98 Å². The highest BCUT2D eigenvalue weighted by molar-refractivity contribution is 6.42. The Morgan fingerprint density at radius 2 is 1.79 bits per heavy atom. The fraction of sp³-hybridized carbons (Fsp3) is 0.118. The van der Waals surface area contributed by atoms with E-state index in [0.29, 0.717) is 12.3 Å². The number of hydrogen-bond donors (Lipinski definition) is 1. The summed E-state index contributed by atoms with van der Waals surface area (Å²) in [6, 6.07) is 4.51. The van der Waals surface area contributed by atoms with E-state index in [0.717, 1.165) is 0 Å². The van der Waals surface area contributed by atoms with Gasteiger partial charge in [-0.05, 0) is 17.7 Å². The molecule has 1 aromatic carbocycles. The Morgan fingerprint density at radius 3 is 2.39 bits per heavy atom. The molecule has 0 radical (unpaired) electrons. The zero-order valence-corrected chi connectivity index (χ0v) is 15.1. The fourth-order valence-corrected chi connectivity index (χ4v) is 2.77. The van der Waals surface area contributed by atoms with Gasteiger partial charge in [0.1, 0.15) is 11.5 Å². The van der Waals surface area contributed by atoms with Crippen LogP contribution in [0.2, 0.25) is 10.0 Å². The molecule has 2 heterocycles. The Morgan fingerprint density at radius 1 is 1.07 bits per heavy atom. The molecule has 28 heavy (non-hydrogen) atoms. The van der Waals surface area contributed by atoms with Crippen LogP contribution in [0.5, 0.6) is 0 Å². The molecule has 4 nitrogen and oxygen atoms in total. The van der Waals surface area contributed by atoms with Crippen LogP contribution in [0.25, 0.3) is 11.5 Å². The van der Waals surface area contributed by atoms with Gasteiger partial charge in [-0.15, -0.1) is 0 Å². The number of H-pyrrole nitrogens is 1. The van der Waals surface area contributed by atoms with Gasteiger partial charge in [-0.1, -0.05) is 29.3 Å². The number of pyridine rings is 1. The molecule has 0 aliphatic heterocycles. The molecule has 0 fully saturated rings. The number of aromatic amines is 1. The fourth-order valence-electron chi connectivity index (χ4n) is 2.45. The van der Waals surface area contributed by atoms with Gasteiger partial charge in [-0.25, -0.2) is 18.7 Å². The van der Waals surface area contributed by atoms with Crippen LogP contribution >= 0.6 is 23.2 Å². The maximum absolute atomic E-state index is 13.9. The van der Waals surface area contributed by atoms with Gasteiger partial charge in [0.05, 0.1) is 21.8 Å². The summed E-state index contributed by atoms with van der Waals surface area (Å²) in [5, 5.41) is 0.299. The summed E-state index contributed by atoms with van der Waals surface area (Å²) in [6.07, 6.45) is -4.87. The Balaban J connectivity index is 2.15. The van der Waals surface area contributed by atoms with Crippen LogP contribution in [0.1, 0.15) is 16.8 Å². The second-order valence-corrected chi connectivity index (χ2v) is 6.46. The maximum atomic E-state index is 13.9. The number of nitrogens with one attached hydrogen (secondary N) is 1. The van der Waals surface area contributed by atoms with Crippen LogP contribution < -0.4 is 5.56 Å². The van der Waals surface area contributed by atoms with Crippen molar-refractivity contribution in [1.29, 1.82) is 0 Å². The summed E-state index contributed by atoms with van der Waals surface area (Å²) in [5.74, 6) is -3.07. The van der Waals surface area contributed by atoms with E-state index in [1.165, 1.54) is 18.2 Å². The van der Waals surface area contributed by atoms with E-state index in [1.54, 1.807) is 0 Å². The van der Waals surface area contributed by atoms with E-state index in [2.05, 4.69) is 15.0 Å². The Bertz CT molecular complexity index is 1110. The quantitative estimate of drug-likeness (QED) is 0.587. The average molecular weight is 436 g/mol. The van der Waals surface area contributed by atoms with Crippen LogP contribution in [0.4, 0.5) is 22.0 Å². The first-order valence-corrected chi connectivity index (χ1v) is 8.27. The van der Waals surface area contributed by atoms with Crippen molar-refractivity contribution in [2.75, 3.05) is 0 Å². The number of alkyl halides is 3. The molecule has 146 valence electrons. The molecule has 0 amide bonds. The second-order valence-electron chi connectivity index (χ2n) is 5.65. The minimum absolute atomic E-state index is 0.103. The summed E-state index contributed by atoms with van der Waals surface area (Å²) < 4.78 is 67.3. The molecule has 11 heteroatoms. The lowest BCUT2D eigenvalue weighted by molar-refractivity contribution is -0.141. The van der Waals surface area contributed by atoms with E-state index in [9.17, 15) is 26.7 Å². The Hall–Kier alpha value is -2.52. The normalized spacial score (nSPS) is 11.7. The third-order valence-electron chi connectivity index (χ3n) is 3.68. The molecular weight excluding hydrogens is 428 g/mol. The van der Waals surface area contributed by atoms with Crippen molar-refractivity contribution in [1.82, 2.24) is 15.0 Å². The topological polar surface area (TPSA) is 58.6 Å². The number of nitrogens with zero attached hydrogens (tertiary/aromatic N) is 2. The monoisotopic (exact) mass is 435 g/mol. The number of rotatable bonds is 3. The van der Waals surface area contributed by atoms with Crippen molar-refractivity contribution >= 4 is 23.2 Å². The molecule has 0 saturated carbocycles. The molecule has 1 N–H and O–H groups in total. The third-order valence-corrected chi connectivity index (χ3v) is 4.42.